The Balaban J connectivity index is 1.76. The van der Waals surface area contributed by atoms with E-state index in [2.05, 4.69) is 4.98 Å². The molecule has 4 heteroatoms. The van der Waals surface area contributed by atoms with Crippen LogP contribution >= 0.6 is 0 Å². The van der Waals surface area contributed by atoms with E-state index in [1.807, 2.05) is 11.8 Å². The highest BCUT2D eigenvalue weighted by Crippen LogP contribution is 2.32. The Kier molecular flexibility index (Phi) is 4.13. The number of rotatable bonds is 4. The van der Waals surface area contributed by atoms with Crippen LogP contribution in [-0.4, -0.2) is 28.4 Å². The molecule has 0 unspecified atom stereocenters. The second-order valence-electron chi connectivity index (χ2n) is 6.59. The third-order valence-electron chi connectivity index (χ3n) is 4.72. The van der Waals surface area contributed by atoms with E-state index in [0.717, 1.165) is 25.1 Å². The van der Waals surface area contributed by atoms with Gasteiger partial charge in [0, 0.05) is 30.5 Å². The molecule has 2 fully saturated rings. The van der Waals surface area contributed by atoms with E-state index in [-0.39, 0.29) is 11.3 Å². The Morgan fingerprint density at radius 2 is 1.95 bits per heavy atom. The molecule has 1 amide bonds. The number of pyridine rings is 1. The maximum Gasteiger partial charge on any atom is 0.259 e. The van der Waals surface area contributed by atoms with Crippen molar-refractivity contribution in [3.8, 4) is 0 Å². The lowest BCUT2D eigenvalue weighted by molar-refractivity contribution is 0.0697. The van der Waals surface area contributed by atoms with E-state index in [1.54, 1.807) is 6.20 Å². The van der Waals surface area contributed by atoms with Gasteiger partial charge in [0.05, 0.1) is 0 Å². The van der Waals surface area contributed by atoms with Gasteiger partial charge < -0.3 is 9.88 Å². The lowest BCUT2D eigenvalue weighted by Gasteiger charge is -2.29. The summed E-state index contributed by atoms with van der Waals surface area (Å²) < 4.78 is 0. The Labute approximate surface area is 125 Å². The third kappa shape index (κ3) is 3.36. The van der Waals surface area contributed by atoms with Gasteiger partial charge >= 0.3 is 0 Å². The average molecular weight is 288 g/mol. The Morgan fingerprint density at radius 3 is 2.57 bits per heavy atom. The number of aryl methyl sites for hydroxylation is 1. The largest absolute Gasteiger partial charge is 0.364 e. The fraction of sp³-hybridized carbons (Fsp3) is 0.647. The Morgan fingerprint density at radius 1 is 1.24 bits per heavy atom. The molecule has 1 aromatic rings. The zero-order valence-corrected chi connectivity index (χ0v) is 12.7. The minimum Gasteiger partial charge on any atom is -0.364 e. The Hall–Kier alpha value is -1.58. The molecule has 114 valence electrons. The van der Waals surface area contributed by atoms with Crippen molar-refractivity contribution < 1.29 is 4.79 Å². The Bertz CT molecular complexity index is 568. The highest BCUT2D eigenvalue weighted by molar-refractivity contribution is 5.94. The van der Waals surface area contributed by atoms with Crippen LogP contribution in [0.5, 0.6) is 0 Å². The van der Waals surface area contributed by atoms with Crippen LogP contribution in [0.2, 0.25) is 0 Å². The maximum atomic E-state index is 12.7. The summed E-state index contributed by atoms with van der Waals surface area (Å²) in [6.45, 7) is 2.66. The van der Waals surface area contributed by atoms with Crippen LogP contribution in [-0.2, 0) is 0 Å². The molecule has 3 rings (SSSR count). The predicted octanol–water partition coefficient (Wildman–Crippen LogP) is 2.87. The minimum absolute atomic E-state index is 0.0793. The lowest BCUT2D eigenvalue weighted by Crippen LogP contribution is -2.39. The third-order valence-corrected chi connectivity index (χ3v) is 4.72. The lowest BCUT2D eigenvalue weighted by atomic mass is 9.89. The number of amides is 1. The van der Waals surface area contributed by atoms with Gasteiger partial charge in [-0.15, -0.1) is 0 Å². The zero-order chi connectivity index (χ0) is 14.8. The van der Waals surface area contributed by atoms with Gasteiger partial charge in [-0.1, -0.05) is 19.3 Å². The summed E-state index contributed by atoms with van der Waals surface area (Å²) in [5.41, 5.74) is 0.927. The van der Waals surface area contributed by atoms with Crippen molar-refractivity contribution >= 4 is 5.91 Å². The molecule has 1 N–H and O–H groups in total. The van der Waals surface area contributed by atoms with Gasteiger partial charge in [-0.2, -0.15) is 0 Å². The fourth-order valence-electron chi connectivity index (χ4n) is 3.33. The molecule has 2 aliphatic carbocycles. The van der Waals surface area contributed by atoms with Gasteiger partial charge in [0.2, 0.25) is 0 Å². The molecular formula is C17H24N2O2. The maximum absolute atomic E-state index is 12.7. The summed E-state index contributed by atoms with van der Waals surface area (Å²) in [4.78, 5) is 29.8. The number of hydrogen-bond donors (Lipinski definition) is 1. The van der Waals surface area contributed by atoms with Gasteiger partial charge in [-0.25, -0.2) is 0 Å². The molecular weight excluding hydrogens is 264 g/mol. The van der Waals surface area contributed by atoms with Crippen molar-refractivity contribution in [2.24, 2.45) is 5.92 Å². The summed E-state index contributed by atoms with van der Waals surface area (Å²) in [6.07, 6.45) is 10.1. The number of hydrogen-bond acceptors (Lipinski definition) is 2. The smallest absolute Gasteiger partial charge is 0.259 e. The molecule has 0 bridgehead atoms. The number of carbonyl (C=O) groups excluding carboxylic acids is 1. The molecule has 4 nitrogen and oxygen atoms in total. The quantitative estimate of drug-likeness (QED) is 0.926. The van der Waals surface area contributed by atoms with E-state index in [1.165, 1.54) is 38.2 Å². The van der Waals surface area contributed by atoms with Gasteiger partial charge in [-0.05, 0) is 38.5 Å². The van der Waals surface area contributed by atoms with E-state index in [0.29, 0.717) is 17.5 Å². The summed E-state index contributed by atoms with van der Waals surface area (Å²) in [5.74, 6) is 0.539. The van der Waals surface area contributed by atoms with Crippen molar-refractivity contribution in [1.29, 1.82) is 0 Å². The van der Waals surface area contributed by atoms with E-state index < -0.39 is 0 Å². The van der Waals surface area contributed by atoms with Crippen LogP contribution in [0, 0.1) is 12.8 Å². The van der Waals surface area contributed by atoms with Crippen LogP contribution in [0.25, 0.3) is 0 Å². The SMILES string of the molecule is Cc1cc(=O)c(C(=O)N(CC2CCCCC2)C2CC2)c[nH]1. The van der Waals surface area contributed by atoms with E-state index >= 15 is 0 Å². The van der Waals surface area contributed by atoms with Gasteiger partial charge in [0.25, 0.3) is 5.91 Å². The number of H-pyrrole nitrogens is 1. The summed E-state index contributed by atoms with van der Waals surface area (Å²) in [5, 5.41) is 0. The summed E-state index contributed by atoms with van der Waals surface area (Å²) in [7, 11) is 0. The molecule has 2 saturated carbocycles. The molecule has 21 heavy (non-hydrogen) atoms. The van der Waals surface area contributed by atoms with Crippen LogP contribution in [0.4, 0.5) is 0 Å². The van der Waals surface area contributed by atoms with Crippen molar-refractivity contribution in [3.05, 3.63) is 33.7 Å². The summed E-state index contributed by atoms with van der Waals surface area (Å²) in [6, 6.07) is 1.87. The van der Waals surface area contributed by atoms with E-state index in [9.17, 15) is 9.59 Å². The van der Waals surface area contributed by atoms with Gasteiger partial charge in [0.15, 0.2) is 5.43 Å². The second kappa shape index (κ2) is 6.04. The number of nitrogens with one attached hydrogen (secondary N) is 1. The van der Waals surface area contributed by atoms with Crippen LogP contribution in [0.3, 0.4) is 0 Å². The van der Waals surface area contributed by atoms with Crippen molar-refractivity contribution in [2.45, 2.75) is 57.9 Å². The molecule has 2 aliphatic rings. The molecule has 0 spiro atoms. The van der Waals surface area contributed by atoms with Crippen LogP contribution < -0.4 is 5.43 Å². The standard InChI is InChI=1S/C17H24N2O2/c1-12-9-16(20)15(10-18-12)17(21)19(14-7-8-14)11-13-5-3-2-4-6-13/h9-10,13-14H,2-8,11H2,1H3,(H,18,20). The summed E-state index contributed by atoms with van der Waals surface area (Å²) >= 11 is 0. The molecule has 0 aromatic carbocycles. The molecule has 0 saturated heterocycles. The molecule has 0 atom stereocenters. The molecule has 1 aromatic heterocycles. The molecule has 1 heterocycles. The normalized spacial score (nSPS) is 19.5. The first kappa shape index (κ1) is 14.4. The number of aromatic nitrogens is 1. The minimum atomic E-state index is -0.162. The van der Waals surface area contributed by atoms with E-state index in [4.69, 9.17) is 0 Å². The number of aromatic amines is 1. The second-order valence-corrected chi connectivity index (χ2v) is 6.59. The van der Waals surface area contributed by atoms with Crippen molar-refractivity contribution in [3.63, 3.8) is 0 Å². The topological polar surface area (TPSA) is 53.2 Å². The van der Waals surface area contributed by atoms with Gasteiger partial charge in [-0.3, -0.25) is 9.59 Å². The van der Waals surface area contributed by atoms with Gasteiger partial charge in [0.1, 0.15) is 5.56 Å². The van der Waals surface area contributed by atoms with Crippen molar-refractivity contribution in [2.75, 3.05) is 6.54 Å². The fourth-order valence-corrected chi connectivity index (χ4v) is 3.33. The monoisotopic (exact) mass is 288 g/mol. The first-order valence-corrected chi connectivity index (χ1v) is 8.15. The number of carbonyl (C=O) groups is 1. The zero-order valence-electron chi connectivity index (χ0n) is 12.7. The van der Waals surface area contributed by atoms with Crippen molar-refractivity contribution in [1.82, 2.24) is 9.88 Å². The highest BCUT2D eigenvalue weighted by Gasteiger charge is 2.35. The first-order chi connectivity index (χ1) is 10.1. The molecule has 0 radical (unpaired) electrons. The van der Waals surface area contributed by atoms with Crippen LogP contribution in [0.15, 0.2) is 17.1 Å². The van der Waals surface area contributed by atoms with Crippen LogP contribution in [0.1, 0.15) is 61.0 Å². The average Bonchev–Trinajstić information content (AvgIpc) is 3.30. The number of nitrogens with zero attached hydrogens (tertiary/aromatic N) is 1. The highest BCUT2D eigenvalue weighted by atomic mass is 16.2. The first-order valence-electron chi connectivity index (χ1n) is 8.15. The predicted molar refractivity (Wildman–Crippen MR) is 82.4 cm³/mol. The molecule has 0 aliphatic heterocycles.